The second-order valence-electron chi connectivity index (χ2n) is 5.11. The third kappa shape index (κ3) is 2.29. The highest BCUT2D eigenvalue weighted by atomic mass is 32.1. The van der Waals surface area contributed by atoms with Gasteiger partial charge in [-0.1, -0.05) is 0 Å². The number of hydrogen-bond acceptors (Lipinski definition) is 5. The third-order valence-electron chi connectivity index (χ3n) is 3.47. The molecule has 2 N–H and O–H groups in total. The van der Waals surface area contributed by atoms with Crippen molar-refractivity contribution in [2.75, 3.05) is 31.3 Å². The molecule has 0 aliphatic carbocycles. The minimum Gasteiger partial charge on any atom is -0.397 e. The second-order valence-corrected chi connectivity index (χ2v) is 7.14. The van der Waals surface area contributed by atoms with Crippen LogP contribution in [0.3, 0.4) is 0 Å². The Balaban J connectivity index is 1.86. The van der Waals surface area contributed by atoms with Crippen LogP contribution in [0.15, 0.2) is 17.5 Å². The van der Waals surface area contributed by atoms with Crippen molar-refractivity contribution in [1.29, 1.82) is 0 Å². The number of carbonyl (C=O) groups excluding carboxylic acids is 1. The summed E-state index contributed by atoms with van der Waals surface area (Å²) >= 11 is 3.32. The van der Waals surface area contributed by atoms with Crippen molar-refractivity contribution in [2.24, 2.45) is 0 Å². The lowest BCUT2D eigenvalue weighted by atomic mass is 10.1. The number of amides is 1. The highest BCUT2D eigenvalue weighted by Gasteiger charge is 2.22. The fourth-order valence-electron chi connectivity index (χ4n) is 2.35. The number of nitrogens with two attached hydrogens (primary N) is 1. The number of carbonyl (C=O) groups is 1. The first kappa shape index (κ1) is 13.5. The largest absolute Gasteiger partial charge is 0.397 e. The normalized spacial score (nSPS) is 14.2. The molecule has 4 nitrogen and oxygen atoms in total. The molecule has 6 heteroatoms. The van der Waals surface area contributed by atoms with Gasteiger partial charge in [0, 0.05) is 32.1 Å². The molecule has 0 atom stereocenters. The Labute approximate surface area is 126 Å². The number of fused-ring (bicyclic) bond motifs is 1. The van der Waals surface area contributed by atoms with Crippen molar-refractivity contribution >= 4 is 39.3 Å². The van der Waals surface area contributed by atoms with Crippen LogP contribution < -0.4 is 10.6 Å². The molecule has 3 heterocycles. The molecule has 3 rings (SSSR count). The number of nitrogens with zero attached hydrogens (tertiary/aromatic N) is 2. The zero-order valence-electron chi connectivity index (χ0n) is 11.5. The van der Waals surface area contributed by atoms with Gasteiger partial charge in [0.1, 0.15) is 4.88 Å². The van der Waals surface area contributed by atoms with Gasteiger partial charge in [0.2, 0.25) is 0 Å². The molecule has 1 aliphatic rings. The first-order valence-corrected chi connectivity index (χ1v) is 8.17. The molecule has 0 unspecified atom stereocenters. The summed E-state index contributed by atoms with van der Waals surface area (Å²) < 4.78 is 0. The van der Waals surface area contributed by atoms with Crippen LogP contribution in [0.4, 0.5) is 10.7 Å². The molecule has 106 valence electrons. The Morgan fingerprint density at radius 3 is 3.00 bits per heavy atom. The zero-order valence-corrected chi connectivity index (χ0v) is 13.2. The maximum absolute atomic E-state index is 12.1. The van der Waals surface area contributed by atoms with Gasteiger partial charge >= 0.3 is 0 Å². The van der Waals surface area contributed by atoms with Crippen LogP contribution in [-0.4, -0.2) is 31.4 Å². The van der Waals surface area contributed by atoms with Crippen LogP contribution in [0.5, 0.6) is 0 Å². The molecule has 0 bridgehead atoms. The van der Waals surface area contributed by atoms with E-state index in [1.165, 1.54) is 21.8 Å². The maximum atomic E-state index is 12.1. The summed E-state index contributed by atoms with van der Waals surface area (Å²) in [5, 5.41) is 3.24. The van der Waals surface area contributed by atoms with E-state index in [-0.39, 0.29) is 5.91 Å². The summed E-state index contributed by atoms with van der Waals surface area (Å²) in [6, 6.07) is 4.12. The molecule has 0 saturated heterocycles. The van der Waals surface area contributed by atoms with E-state index < -0.39 is 0 Å². The van der Waals surface area contributed by atoms with Crippen molar-refractivity contribution in [3.05, 3.63) is 32.8 Å². The van der Waals surface area contributed by atoms with Gasteiger partial charge in [-0.3, -0.25) is 4.79 Å². The van der Waals surface area contributed by atoms with E-state index in [1.54, 1.807) is 19.0 Å². The van der Waals surface area contributed by atoms with Gasteiger partial charge in [0.25, 0.3) is 5.91 Å². The molecular weight excluding hydrogens is 290 g/mol. The van der Waals surface area contributed by atoms with E-state index in [4.69, 9.17) is 5.73 Å². The van der Waals surface area contributed by atoms with Crippen molar-refractivity contribution in [3.8, 4) is 0 Å². The predicted octanol–water partition coefficient (Wildman–Crippen LogP) is 2.66. The number of nitrogen functional groups attached to an aromatic ring is 1. The third-order valence-corrected chi connectivity index (χ3v) is 5.69. The molecular formula is C14H17N3OS2. The first-order valence-electron chi connectivity index (χ1n) is 6.47. The molecule has 0 saturated carbocycles. The van der Waals surface area contributed by atoms with Gasteiger partial charge in [-0.25, -0.2) is 0 Å². The van der Waals surface area contributed by atoms with Gasteiger partial charge in [0.05, 0.1) is 10.7 Å². The molecule has 0 spiro atoms. The molecule has 2 aromatic rings. The van der Waals surface area contributed by atoms with Crippen LogP contribution in [0, 0.1) is 0 Å². The van der Waals surface area contributed by atoms with Gasteiger partial charge in [-0.15, -0.1) is 22.7 Å². The molecule has 1 amide bonds. The van der Waals surface area contributed by atoms with Gasteiger partial charge in [0.15, 0.2) is 0 Å². The lowest BCUT2D eigenvalue weighted by molar-refractivity contribution is 0.0833. The minimum absolute atomic E-state index is 0.0213. The highest BCUT2D eigenvalue weighted by molar-refractivity contribution is 7.18. The van der Waals surface area contributed by atoms with E-state index in [1.807, 2.05) is 17.4 Å². The second kappa shape index (κ2) is 5.10. The van der Waals surface area contributed by atoms with Crippen molar-refractivity contribution in [1.82, 2.24) is 4.90 Å². The number of thiophene rings is 2. The van der Waals surface area contributed by atoms with Gasteiger partial charge in [-0.2, -0.15) is 0 Å². The maximum Gasteiger partial charge on any atom is 0.265 e. The van der Waals surface area contributed by atoms with Gasteiger partial charge < -0.3 is 15.5 Å². The lowest BCUT2D eigenvalue weighted by Gasteiger charge is -2.27. The predicted molar refractivity (Wildman–Crippen MR) is 85.8 cm³/mol. The highest BCUT2D eigenvalue weighted by Crippen LogP contribution is 2.36. The average Bonchev–Trinajstić information content (AvgIpc) is 3.02. The number of rotatable bonds is 2. The number of hydrogen-bond donors (Lipinski definition) is 1. The van der Waals surface area contributed by atoms with E-state index in [9.17, 15) is 4.79 Å². The smallest absolute Gasteiger partial charge is 0.265 e. The average molecular weight is 307 g/mol. The summed E-state index contributed by atoms with van der Waals surface area (Å²) in [6.45, 7) is 1.90. The fraction of sp³-hybridized carbons (Fsp3) is 0.357. The SMILES string of the molecule is CN(C)C(=O)c1sc(N2CCc3sccc3C2)cc1N. The number of anilines is 2. The summed E-state index contributed by atoms with van der Waals surface area (Å²) in [5.41, 5.74) is 7.98. The summed E-state index contributed by atoms with van der Waals surface area (Å²) in [6.07, 6.45) is 1.07. The van der Waals surface area contributed by atoms with Crippen LogP contribution in [0.1, 0.15) is 20.1 Å². The van der Waals surface area contributed by atoms with Crippen LogP contribution in [-0.2, 0) is 13.0 Å². The van der Waals surface area contributed by atoms with Crippen molar-refractivity contribution in [2.45, 2.75) is 13.0 Å². The Hall–Kier alpha value is -1.53. The molecule has 20 heavy (non-hydrogen) atoms. The van der Waals surface area contributed by atoms with E-state index >= 15 is 0 Å². The van der Waals surface area contributed by atoms with Crippen LogP contribution in [0.25, 0.3) is 0 Å². The monoisotopic (exact) mass is 307 g/mol. The molecule has 1 aliphatic heterocycles. The Morgan fingerprint density at radius 2 is 2.25 bits per heavy atom. The quantitative estimate of drug-likeness (QED) is 0.928. The Kier molecular flexibility index (Phi) is 3.43. The fourth-order valence-corrected chi connectivity index (χ4v) is 4.37. The van der Waals surface area contributed by atoms with Crippen molar-refractivity contribution < 1.29 is 4.79 Å². The zero-order chi connectivity index (χ0) is 14.3. The minimum atomic E-state index is -0.0213. The summed E-state index contributed by atoms with van der Waals surface area (Å²) in [4.78, 5) is 18.1. The van der Waals surface area contributed by atoms with Crippen LogP contribution in [0.2, 0.25) is 0 Å². The lowest BCUT2D eigenvalue weighted by Crippen LogP contribution is -2.28. The topological polar surface area (TPSA) is 49.6 Å². The van der Waals surface area contributed by atoms with Crippen LogP contribution >= 0.6 is 22.7 Å². The molecule has 0 fully saturated rings. The molecule has 0 radical (unpaired) electrons. The van der Waals surface area contributed by atoms with E-state index in [0.29, 0.717) is 10.6 Å². The molecule has 0 aromatic carbocycles. The standard InChI is InChI=1S/C14H17N3OS2/c1-16(2)14(18)13-10(15)7-12(20-13)17-5-3-11-9(8-17)4-6-19-11/h4,6-7H,3,5,8,15H2,1-2H3. The summed E-state index contributed by atoms with van der Waals surface area (Å²) in [7, 11) is 3.50. The van der Waals surface area contributed by atoms with E-state index in [0.717, 1.165) is 24.5 Å². The Morgan fingerprint density at radius 1 is 1.45 bits per heavy atom. The Bertz CT molecular complexity index is 645. The first-order chi connectivity index (χ1) is 9.56. The molecule has 2 aromatic heterocycles. The van der Waals surface area contributed by atoms with Gasteiger partial charge in [-0.05, 0) is 29.5 Å². The van der Waals surface area contributed by atoms with Crippen molar-refractivity contribution in [3.63, 3.8) is 0 Å². The summed E-state index contributed by atoms with van der Waals surface area (Å²) in [5.74, 6) is -0.0213. The van der Waals surface area contributed by atoms with E-state index in [2.05, 4.69) is 16.3 Å².